The molecule has 0 saturated carbocycles. The van der Waals surface area contributed by atoms with E-state index in [1.54, 1.807) is 14.2 Å². The first-order valence-electron chi connectivity index (χ1n) is 5.89. The van der Waals surface area contributed by atoms with Crippen molar-refractivity contribution in [2.75, 3.05) is 32.6 Å². The average Bonchev–Trinajstić information content (AvgIpc) is 2.39. The summed E-state index contributed by atoms with van der Waals surface area (Å²) < 4.78 is 10.7. The number of nitrogens with two attached hydrogens (primary N) is 1. The fourth-order valence-corrected chi connectivity index (χ4v) is 1.78. The summed E-state index contributed by atoms with van der Waals surface area (Å²) in [4.78, 5) is 0. The molecule has 0 amide bonds. The predicted molar refractivity (Wildman–Crippen MR) is 72.6 cm³/mol. The maximum Gasteiger partial charge on any atom is 0.145 e. The van der Waals surface area contributed by atoms with Gasteiger partial charge in [0, 0.05) is 19.2 Å². The van der Waals surface area contributed by atoms with Crippen molar-refractivity contribution >= 4 is 5.69 Å². The Balaban J connectivity index is 3.05. The van der Waals surface area contributed by atoms with Gasteiger partial charge in [-0.15, -0.1) is 0 Å². The summed E-state index contributed by atoms with van der Waals surface area (Å²) >= 11 is 0. The van der Waals surface area contributed by atoms with Crippen molar-refractivity contribution in [2.24, 2.45) is 5.73 Å². The molecular formula is C13H22N2O3. The minimum Gasteiger partial charge on any atom is -0.496 e. The van der Waals surface area contributed by atoms with Crippen LogP contribution in [0.2, 0.25) is 0 Å². The predicted octanol–water partition coefficient (Wildman–Crippen LogP) is 1.05. The molecule has 1 atom stereocenters. The Labute approximate surface area is 108 Å². The highest BCUT2D eigenvalue weighted by Gasteiger charge is 2.14. The van der Waals surface area contributed by atoms with Crippen molar-refractivity contribution in [1.29, 1.82) is 0 Å². The van der Waals surface area contributed by atoms with Gasteiger partial charge in [0.2, 0.25) is 0 Å². The molecule has 0 aliphatic heterocycles. The Bertz CT molecular complexity index is 408. The lowest BCUT2D eigenvalue weighted by molar-refractivity contribution is 0.196. The van der Waals surface area contributed by atoms with E-state index in [-0.39, 0.29) is 6.54 Å². The molecule has 1 aromatic rings. The molecule has 0 heterocycles. The van der Waals surface area contributed by atoms with Gasteiger partial charge in [0.15, 0.2) is 0 Å². The second kappa shape index (κ2) is 6.47. The van der Waals surface area contributed by atoms with E-state index in [9.17, 15) is 5.11 Å². The first-order valence-corrected chi connectivity index (χ1v) is 5.89. The van der Waals surface area contributed by atoms with Crippen molar-refractivity contribution in [3.8, 4) is 11.5 Å². The quantitative estimate of drug-likeness (QED) is 0.707. The lowest BCUT2D eigenvalue weighted by Gasteiger charge is -2.19. The minimum atomic E-state index is -0.581. The number of hydrogen-bond donors (Lipinski definition) is 3. The molecule has 18 heavy (non-hydrogen) atoms. The number of aliphatic hydroxyl groups is 1. The van der Waals surface area contributed by atoms with Crippen molar-refractivity contribution in [2.45, 2.75) is 20.0 Å². The van der Waals surface area contributed by atoms with E-state index in [0.29, 0.717) is 6.54 Å². The van der Waals surface area contributed by atoms with E-state index in [0.717, 1.165) is 28.3 Å². The number of ether oxygens (including phenoxy) is 2. The molecule has 0 aliphatic carbocycles. The van der Waals surface area contributed by atoms with Crippen LogP contribution in [-0.4, -0.2) is 38.5 Å². The van der Waals surface area contributed by atoms with E-state index in [1.165, 1.54) is 0 Å². The van der Waals surface area contributed by atoms with Crippen LogP contribution in [0.1, 0.15) is 11.1 Å². The molecule has 102 valence electrons. The third-order valence-corrected chi connectivity index (χ3v) is 3.02. The van der Waals surface area contributed by atoms with Crippen LogP contribution in [0.3, 0.4) is 0 Å². The second-order valence-electron chi connectivity index (χ2n) is 4.18. The van der Waals surface area contributed by atoms with Gasteiger partial charge in [-0.2, -0.15) is 0 Å². The van der Waals surface area contributed by atoms with Gasteiger partial charge in [-0.05, 0) is 25.0 Å². The molecule has 1 unspecified atom stereocenters. The molecule has 0 saturated heterocycles. The van der Waals surface area contributed by atoms with Crippen molar-refractivity contribution < 1.29 is 14.6 Å². The normalized spacial score (nSPS) is 12.1. The highest BCUT2D eigenvalue weighted by molar-refractivity contribution is 5.66. The van der Waals surface area contributed by atoms with Gasteiger partial charge in [0.25, 0.3) is 0 Å². The Kier molecular flexibility index (Phi) is 5.25. The smallest absolute Gasteiger partial charge is 0.145 e. The number of anilines is 1. The molecule has 1 aromatic carbocycles. The van der Waals surface area contributed by atoms with Crippen LogP contribution >= 0.6 is 0 Å². The summed E-state index contributed by atoms with van der Waals surface area (Å²) in [5.74, 6) is 1.55. The average molecular weight is 254 g/mol. The molecule has 1 rings (SSSR count). The standard InChI is InChI=1S/C13H22N2O3/c1-8-9(2)13(18-4)11(5-12(8)17-3)15-7-10(16)6-14/h5,10,15-16H,6-7,14H2,1-4H3. The van der Waals surface area contributed by atoms with Crippen molar-refractivity contribution in [3.63, 3.8) is 0 Å². The monoisotopic (exact) mass is 254 g/mol. The zero-order valence-electron chi connectivity index (χ0n) is 11.4. The summed E-state index contributed by atoms with van der Waals surface area (Å²) in [6.45, 7) is 4.55. The van der Waals surface area contributed by atoms with Gasteiger partial charge >= 0.3 is 0 Å². The number of benzene rings is 1. The molecule has 0 aliphatic rings. The third kappa shape index (κ3) is 3.05. The van der Waals surface area contributed by atoms with Gasteiger partial charge < -0.3 is 25.6 Å². The highest BCUT2D eigenvalue weighted by atomic mass is 16.5. The number of rotatable bonds is 6. The lowest BCUT2D eigenvalue weighted by atomic mass is 10.1. The molecule has 0 aromatic heterocycles. The van der Waals surface area contributed by atoms with Crippen LogP contribution in [0, 0.1) is 13.8 Å². The van der Waals surface area contributed by atoms with E-state index in [1.807, 2.05) is 19.9 Å². The molecular weight excluding hydrogens is 232 g/mol. The van der Waals surface area contributed by atoms with Gasteiger partial charge in [0.05, 0.1) is 26.0 Å². The zero-order chi connectivity index (χ0) is 13.7. The van der Waals surface area contributed by atoms with Gasteiger partial charge in [-0.3, -0.25) is 0 Å². The van der Waals surface area contributed by atoms with Crippen LogP contribution in [0.5, 0.6) is 11.5 Å². The largest absolute Gasteiger partial charge is 0.496 e. The first-order chi connectivity index (χ1) is 8.54. The maximum atomic E-state index is 9.47. The summed E-state index contributed by atoms with van der Waals surface area (Å²) in [5.41, 5.74) is 8.22. The molecule has 0 bridgehead atoms. The maximum absolute atomic E-state index is 9.47. The van der Waals surface area contributed by atoms with Crippen LogP contribution in [-0.2, 0) is 0 Å². The molecule has 0 radical (unpaired) electrons. The second-order valence-corrected chi connectivity index (χ2v) is 4.18. The van der Waals surface area contributed by atoms with E-state index in [2.05, 4.69) is 5.32 Å². The fourth-order valence-electron chi connectivity index (χ4n) is 1.78. The van der Waals surface area contributed by atoms with Gasteiger partial charge in [-0.25, -0.2) is 0 Å². The Morgan fingerprint density at radius 3 is 2.44 bits per heavy atom. The summed E-state index contributed by atoms with van der Waals surface area (Å²) in [5, 5.41) is 12.6. The molecule has 5 nitrogen and oxygen atoms in total. The van der Waals surface area contributed by atoms with Crippen LogP contribution in [0.15, 0.2) is 6.07 Å². The van der Waals surface area contributed by atoms with Crippen LogP contribution in [0.25, 0.3) is 0 Å². The Morgan fingerprint density at radius 2 is 1.94 bits per heavy atom. The van der Waals surface area contributed by atoms with E-state index >= 15 is 0 Å². The summed E-state index contributed by atoms with van der Waals surface area (Å²) in [6, 6.07) is 1.87. The topological polar surface area (TPSA) is 76.7 Å². The van der Waals surface area contributed by atoms with Crippen LogP contribution < -0.4 is 20.5 Å². The van der Waals surface area contributed by atoms with Gasteiger partial charge in [-0.1, -0.05) is 0 Å². The Hall–Kier alpha value is -1.46. The van der Waals surface area contributed by atoms with Crippen molar-refractivity contribution in [1.82, 2.24) is 0 Å². The van der Waals surface area contributed by atoms with Crippen LogP contribution in [0.4, 0.5) is 5.69 Å². The highest BCUT2D eigenvalue weighted by Crippen LogP contribution is 2.36. The minimum absolute atomic E-state index is 0.220. The molecule has 5 heteroatoms. The summed E-state index contributed by atoms with van der Waals surface area (Å²) in [7, 11) is 3.26. The molecule has 0 fully saturated rings. The van der Waals surface area contributed by atoms with Crippen molar-refractivity contribution in [3.05, 3.63) is 17.2 Å². The fraction of sp³-hybridized carbons (Fsp3) is 0.538. The SMILES string of the molecule is COc1cc(NCC(O)CN)c(OC)c(C)c1C. The Morgan fingerprint density at radius 1 is 1.28 bits per heavy atom. The molecule has 4 N–H and O–H groups in total. The number of aliphatic hydroxyl groups excluding tert-OH is 1. The number of nitrogens with one attached hydrogen (secondary N) is 1. The van der Waals surface area contributed by atoms with E-state index in [4.69, 9.17) is 15.2 Å². The molecule has 0 spiro atoms. The van der Waals surface area contributed by atoms with E-state index < -0.39 is 6.10 Å². The number of methoxy groups -OCH3 is 2. The first kappa shape index (κ1) is 14.6. The number of hydrogen-bond acceptors (Lipinski definition) is 5. The lowest BCUT2D eigenvalue weighted by Crippen LogP contribution is -2.28. The zero-order valence-corrected chi connectivity index (χ0v) is 11.4. The summed E-state index contributed by atoms with van der Waals surface area (Å²) in [6.07, 6.45) is -0.581. The van der Waals surface area contributed by atoms with Gasteiger partial charge in [0.1, 0.15) is 11.5 Å². The third-order valence-electron chi connectivity index (χ3n) is 3.02.